The van der Waals surface area contributed by atoms with Crippen LogP contribution in [0.2, 0.25) is 0 Å². The molecular weight excluding hydrogens is 645 g/mol. The van der Waals surface area contributed by atoms with E-state index in [4.69, 9.17) is 4.74 Å². The van der Waals surface area contributed by atoms with Crippen molar-refractivity contribution in [3.8, 4) is 0 Å². The summed E-state index contributed by atoms with van der Waals surface area (Å²) in [6, 6.07) is 8.66. The summed E-state index contributed by atoms with van der Waals surface area (Å²) in [4.78, 5) is 17.5. The molecule has 7 rings (SSSR count). The van der Waals surface area contributed by atoms with Crippen LogP contribution in [0.5, 0.6) is 0 Å². The Kier molecular flexibility index (Phi) is 7.83. The van der Waals surface area contributed by atoms with Gasteiger partial charge in [-0.2, -0.15) is 13.2 Å². The number of halogens is 3. The zero-order chi connectivity index (χ0) is 34.1. The van der Waals surface area contributed by atoms with E-state index in [2.05, 4.69) is 27.0 Å². The van der Waals surface area contributed by atoms with Crippen molar-refractivity contribution in [1.82, 2.24) is 28.6 Å². The molecule has 1 aromatic carbocycles. The zero-order valence-corrected chi connectivity index (χ0v) is 27.7. The van der Waals surface area contributed by atoms with Gasteiger partial charge in [-0.15, -0.1) is 10.2 Å². The number of aryl methyl sites for hydroxylation is 1. The van der Waals surface area contributed by atoms with Gasteiger partial charge in [-0.25, -0.2) is 12.4 Å². The molecule has 5 heterocycles. The number of piperidine rings is 1. The highest BCUT2D eigenvalue weighted by molar-refractivity contribution is 7.92. The fraction of sp³-hybridized carbons (Fsp3) is 0.441. The molecule has 10 nitrogen and oxygen atoms in total. The summed E-state index contributed by atoms with van der Waals surface area (Å²) in [6.45, 7) is 6.55. The molecule has 1 N–H and O–H groups in total. The van der Waals surface area contributed by atoms with Gasteiger partial charge in [0, 0.05) is 43.8 Å². The Hall–Kier alpha value is -4.01. The van der Waals surface area contributed by atoms with Gasteiger partial charge in [0.15, 0.2) is 0 Å². The largest absolute Gasteiger partial charge is 0.418 e. The number of H-pyrrole nitrogens is 1. The predicted octanol–water partition coefficient (Wildman–Crippen LogP) is 4.73. The first-order valence-electron chi connectivity index (χ1n) is 16.0. The Morgan fingerprint density at radius 2 is 1.98 bits per heavy atom. The monoisotopic (exact) mass is 682 g/mol. The normalized spacial score (nSPS) is 24.8. The molecule has 0 bridgehead atoms. The Balaban J connectivity index is 1.40. The summed E-state index contributed by atoms with van der Waals surface area (Å²) in [5.74, 6) is 0.558. The maximum absolute atomic E-state index is 15.2. The number of allylic oxidation sites excluding steroid dienone is 2. The number of ether oxygens (including phenoxy) is 1. The van der Waals surface area contributed by atoms with E-state index in [1.54, 1.807) is 19.3 Å². The van der Waals surface area contributed by atoms with Gasteiger partial charge < -0.3 is 19.2 Å². The second kappa shape index (κ2) is 11.6. The highest BCUT2D eigenvalue weighted by Gasteiger charge is 2.52. The molecule has 0 radical (unpaired) electrons. The molecule has 48 heavy (non-hydrogen) atoms. The number of nitrogens with one attached hydrogen (secondary N) is 1. The van der Waals surface area contributed by atoms with E-state index in [1.165, 1.54) is 0 Å². The van der Waals surface area contributed by atoms with E-state index >= 15 is 8.42 Å². The second-order valence-electron chi connectivity index (χ2n) is 13.5. The van der Waals surface area contributed by atoms with Gasteiger partial charge in [0.1, 0.15) is 27.8 Å². The lowest BCUT2D eigenvalue weighted by molar-refractivity contribution is -0.136. The highest BCUT2D eigenvalue weighted by Crippen LogP contribution is 2.47. The van der Waals surface area contributed by atoms with Crippen LogP contribution in [0.4, 0.5) is 13.2 Å². The quantitative estimate of drug-likeness (QED) is 0.300. The molecule has 1 aliphatic carbocycles. The van der Waals surface area contributed by atoms with Crippen molar-refractivity contribution in [3.63, 3.8) is 0 Å². The minimum atomic E-state index is -4.81. The van der Waals surface area contributed by atoms with Crippen LogP contribution < -0.4 is 5.56 Å². The topological polar surface area (TPSA) is 115 Å². The first kappa shape index (κ1) is 32.5. The maximum Gasteiger partial charge on any atom is 0.418 e. The molecule has 3 atom stereocenters. The smallest absolute Gasteiger partial charge is 0.378 e. The summed E-state index contributed by atoms with van der Waals surface area (Å²) < 4.78 is 78.9. The Morgan fingerprint density at radius 3 is 2.65 bits per heavy atom. The van der Waals surface area contributed by atoms with Crippen LogP contribution in [-0.4, -0.2) is 74.6 Å². The van der Waals surface area contributed by atoms with Crippen LogP contribution in [0.15, 0.2) is 72.1 Å². The number of aromatic amines is 1. The lowest BCUT2D eigenvalue weighted by Crippen LogP contribution is -2.52. The molecule has 254 valence electrons. The number of likely N-dealkylation sites (tertiary alicyclic amines) is 1. The van der Waals surface area contributed by atoms with Gasteiger partial charge in [-0.3, -0.25) is 4.79 Å². The third-order valence-corrected chi connectivity index (χ3v) is 12.8. The van der Waals surface area contributed by atoms with Gasteiger partial charge in [0.2, 0.25) is 10.0 Å². The fourth-order valence-electron chi connectivity index (χ4n) is 7.72. The molecular formula is C34H37F3N6O4S. The molecule has 2 unspecified atom stereocenters. The van der Waals surface area contributed by atoms with Crippen molar-refractivity contribution >= 4 is 26.5 Å². The van der Waals surface area contributed by atoms with Crippen LogP contribution >= 0.6 is 0 Å². The molecule has 0 saturated carbocycles. The van der Waals surface area contributed by atoms with Crippen LogP contribution in [0.1, 0.15) is 49.2 Å². The summed E-state index contributed by atoms with van der Waals surface area (Å²) in [7, 11) is -2.74. The number of hydrogen-bond donors (Lipinski definition) is 1. The average Bonchev–Trinajstić information content (AvgIpc) is 3.65. The van der Waals surface area contributed by atoms with Crippen LogP contribution in [0.25, 0.3) is 16.5 Å². The van der Waals surface area contributed by atoms with E-state index in [9.17, 15) is 18.0 Å². The standard InChI is InChI=1S/C34H37F3N6O4S/c1-22-7-6-13-42(17-22)18-25-10-5-11-27(23-8-4-9-24(15-23)33(19-47-20-33)31-40-39-21-41(31)3)32(25,2)48(45,46)43-14-12-26-28(34(35,36)37)16-38-30(44)29(26)43/h4-5,8-12,14-16,21-22,25H,6-7,13,17-20H2,1-3H3,(H,38,44)/t22?,25?,32-/m0/s1. The number of hydrogen-bond acceptors (Lipinski definition) is 7. The van der Waals surface area contributed by atoms with Gasteiger partial charge in [0.05, 0.1) is 18.8 Å². The lowest BCUT2D eigenvalue weighted by atomic mass is 9.74. The molecule has 0 spiro atoms. The summed E-state index contributed by atoms with van der Waals surface area (Å²) in [6.07, 6.45) is 6.01. The highest BCUT2D eigenvalue weighted by atomic mass is 32.2. The van der Waals surface area contributed by atoms with Crippen molar-refractivity contribution in [2.75, 3.05) is 32.8 Å². The lowest BCUT2D eigenvalue weighted by Gasteiger charge is -2.44. The predicted molar refractivity (Wildman–Crippen MR) is 175 cm³/mol. The number of alkyl halides is 3. The van der Waals surface area contributed by atoms with E-state index in [-0.39, 0.29) is 0 Å². The van der Waals surface area contributed by atoms with Crippen LogP contribution in [0, 0.1) is 11.8 Å². The molecule has 3 aromatic heterocycles. The van der Waals surface area contributed by atoms with E-state index in [1.807, 2.05) is 48.0 Å². The van der Waals surface area contributed by atoms with E-state index < -0.39 is 54.3 Å². The number of pyridine rings is 1. The fourth-order valence-corrected chi connectivity index (χ4v) is 9.77. The minimum Gasteiger partial charge on any atom is -0.378 e. The molecule has 2 saturated heterocycles. The third-order valence-electron chi connectivity index (χ3n) is 10.4. The molecule has 4 aromatic rings. The van der Waals surface area contributed by atoms with Gasteiger partial charge in [-0.05, 0) is 55.0 Å². The molecule has 3 aliphatic rings. The minimum absolute atomic E-state index is 0.368. The van der Waals surface area contributed by atoms with Gasteiger partial charge in [0.25, 0.3) is 5.56 Å². The SMILES string of the molecule is CC1CCCN(CC2C=CC=C(c3cccc(C4(c5nncn5C)COC4)c3)[C@@]2(C)S(=O)(=O)n2ccc3c(C(F)(F)F)c[nH]c(=O)c32)C1. The van der Waals surface area contributed by atoms with Crippen molar-refractivity contribution in [2.45, 2.75) is 43.0 Å². The van der Waals surface area contributed by atoms with Crippen molar-refractivity contribution in [1.29, 1.82) is 0 Å². The molecule has 2 fully saturated rings. The third kappa shape index (κ3) is 4.98. The number of rotatable bonds is 7. The average molecular weight is 683 g/mol. The number of nitrogens with zero attached hydrogens (tertiary/aromatic N) is 5. The Morgan fingerprint density at radius 1 is 1.19 bits per heavy atom. The number of benzene rings is 1. The summed E-state index contributed by atoms with van der Waals surface area (Å²) in [5.41, 5.74) is -1.22. The van der Waals surface area contributed by atoms with Crippen LogP contribution in [-0.2, 0) is 33.4 Å². The first-order chi connectivity index (χ1) is 22.8. The number of fused-ring (bicyclic) bond motifs is 1. The van der Waals surface area contributed by atoms with Gasteiger partial charge >= 0.3 is 6.18 Å². The van der Waals surface area contributed by atoms with Crippen molar-refractivity contribution in [3.05, 3.63) is 100 Å². The molecule has 2 aliphatic heterocycles. The van der Waals surface area contributed by atoms with Crippen molar-refractivity contribution in [2.24, 2.45) is 18.9 Å². The molecule has 0 amide bonds. The van der Waals surface area contributed by atoms with Crippen molar-refractivity contribution < 1.29 is 26.3 Å². The molecule has 14 heteroatoms. The summed E-state index contributed by atoms with van der Waals surface area (Å²) >= 11 is 0. The van der Waals surface area contributed by atoms with Crippen LogP contribution in [0.3, 0.4) is 0 Å². The second-order valence-corrected chi connectivity index (χ2v) is 15.7. The number of aromatic nitrogens is 5. The Labute approximate surface area is 276 Å². The summed E-state index contributed by atoms with van der Waals surface area (Å²) in [5, 5.41) is 7.95. The zero-order valence-electron chi connectivity index (χ0n) is 26.9. The Bertz CT molecular complexity index is 2110. The van der Waals surface area contributed by atoms with Gasteiger partial charge in [-0.1, -0.05) is 49.4 Å². The van der Waals surface area contributed by atoms with E-state index in [0.717, 1.165) is 53.6 Å². The first-order valence-corrected chi connectivity index (χ1v) is 17.4. The maximum atomic E-state index is 15.2. The van der Waals surface area contributed by atoms with E-state index in [0.29, 0.717) is 43.0 Å².